The van der Waals surface area contributed by atoms with Crippen LogP contribution in [0.4, 0.5) is 0 Å². The van der Waals surface area contributed by atoms with Crippen molar-refractivity contribution in [1.82, 2.24) is 4.57 Å². The maximum absolute atomic E-state index is 2.47. The van der Waals surface area contributed by atoms with Crippen molar-refractivity contribution in [2.45, 2.75) is 0 Å². The molecule has 1 nitrogen and oxygen atoms in total. The third-order valence-corrected chi connectivity index (χ3v) is 15.6. The fraction of sp³-hybridized carbons (Fsp3) is 0. The van der Waals surface area contributed by atoms with Gasteiger partial charge in [0.1, 0.15) is 0 Å². The summed E-state index contributed by atoms with van der Waals surface area (Å²) in [5.74, 6) is 0. The van der Waals surface area contributed by atoms with E-state index >= 15 is 0 Å². The van der Waals surface area contributed by atoms with Gasteiger partial charge in [0.25, 0.3) is 0 Å². The number of aromatic nitrogens is 1. The molecule has 70 heavy (non-hydrogen) atoms. The molecule has 14 aromatic rings. The van der Waals surface area contributed by atoms with E-state index in [0.29, 0.717) is 0 Å². The summed E-state index contributed by atoms with van der Waals surface area (Å²) < 4.78 is 5.07. The van der Waals surface area contributed by atoms with Gasteiger partial charge in [-0.25, -0.2) is 0 Å². The molecular formula is C68H43NS. The quantitative estimate of drug-likeness (QED) is 0.140. The van der Waals surface area contributed by atoms with Gasteiger partial charge in [-0.1, -0.05) is 206 Å². The number of rotatable bonds is 7. The molecule has 0 atom stereocenters. The second kappa shape index (κ2) is 16.5. The number of benzene rings is 12. The van der Waals surface area contributed by atoms with Crippen LogP contribution in [0.15, 0.2) is 261 Å². The Morgan fingerprint density at radius 1 is 0.229 bits per heavy atom. The first-order valence-corrected chi connectivity index (χ1v) is 24.9. The Hall–Kier alpha value is -8.82. The van der Waals surface area contributed by atoms with Crippen molar-refractivity contribution in [1.29, 1.82) is 0 Å². The highest BCUT2D eigenvalue weighted by molar-refractivity contribution is 7.27. The standard InChI is InChI=1S/C68H43NS/c1-5-20-44(21-6-1)50-40-58(46-24-9-3-10-25-46)67-61(42-50)62-43-51(45-22-7-2-8-23-45)41-59(68(62)70-67)48-36-37-64-60(39-48)53-30-17-18-35-63(53)69(64)52-29-19-28-49(38-52)66-56-33-15-13-31-54(56)65(47-26-11-4-12-27-47)55-32-14-16-34-57(55)66/h1-43H. The lowest BCUT2D eigenvalue weighted by Crippen LogP contribution is -1.95. The van der Waals surface area contributed by atoms with Crippen LogP contribution < -0.4 is 0 Å². The van der Waals surface area contributed by atoms with E-state index in [1.807, 2.05) is 11.3 Å². The fourth-order valence-electron chi connectivity index (χ4n) is 11.2. The van der Waals surface area contributed by atoms with Gasteiger partial charge >= 0.3 is 0 Å². The van der Waals surface area contributed by atoms with E-state index in [1.54, 1.807) is 0 Å². The van der Waals surface area contributed by atoms with Crippen molar-refractivity contribution in [3.8, 4) is 72.4 Å². The zero-order valence-corrected chi connectivity index (χ0v) is 39.0. The van der Waals surface area contributed by atoms with Crippen molar-refractivity contribution in [2.24, 2.45) is 0 Å². The lowest BCUT2D eigenvalue weighted by molar-refractivity contribution is 1.18. The molecule has 326 valence electrons. The summed E-state index contributed by atoms with van der Waals surface area (Å²) in [5, 5.41) is 10.1. The third-order valence-electron chi connectivity index (χ3n) is 14.3. The molecule has 0 aliphatic heterocycles. The van der Waals surface area contributed by atoms with Crippen LogP contribution in [0.3, 0.4) is 0 Å². The second-order valence-electron chi connectivity index (χ2n) is 18.3. The van der Waals surface area contributed by atoms with Crippen LogP contribution in [0.25, 0.3) is 136 Å². The van der Waals surface area contributed by atoms with Crippen LogP contribution in [0.5, 0.6) is 0 Å². The van der Waals surface area contributed by atoms with Crippen LogP contribution in [0.2, 0.25) is 0 Å². The fourth-order valence-corrected chi connectivity index (χ4v) is 12.5. The molecule has 0 aliphatic carbocycles. The van der Waals surface area contributed by atoms with E-state index in [1.165, 1.54) is 130 Å². The van der Waals surface area contributed by atoms with Crippen LogP contribution >= 0.6 is 11.3 Å². The third kappa shape index (κ3) is 6.53. The molecule has 2 heterocycles. The highest BCUT2D eigenvalue weighted by Gasteiger charge is 2.21. The largest absolute Gasteiger partial charge is 0.309 e. The van der Waals surface area contributed by atoms with Crippen molar-refractivity contribution >= 4 is 74.9 Å². The highest BCUT2D eigenvalue weighted by atomic mass is 32.1. The van der Waals surface area contributed by atoms with Crippen LogP contribution in [-0.4, -0.2) is 4.57 Å². The van der Waals surface area contributed by atoms with Gasteiger partial charge in [0, 0.05) is 47.8 Å². The van der Waals surface area contributed by atoms with Crippen LogP contribution in [0, 0.1) is 0 Å². The monoisotopic (exact) mass is 905 g/mol. The summed E-state index contributed by atoms with van der Waals surface area (Å²) in [4.78, 5) is 0. The zero-order chi connectivity index (χ0) is 46.1. The van der Waals surface area contributed by atoms with E-state index in [-0.39, 0.29) is 0 Å². The van der Waals surface area contributed by atoms with E-state index in [0.717, 1.165) is 5.69 Å². The molecule has 0 fully saturated rings. The Balaban J connectivity index is 0.984. The molecule has 12 aromatic carbocycles. The minimum atomic E-state index is 1.14. The molecule has 0 amide bonds. The summed E-state index contributed by atoms with van der Waals surface area (Å²) in [6.45, 7) is 0. The van der Waals surface area contributed by atoms with Gasteiger partial charge in [-0.15, -0.1) is 11.3 Å². The minimum absolute atomic E-state index is 1.14. The SMILES string of the molecule is c1ccc(-c2cc(-c3ccccc3)c3sc4c(-c5ccc6c(c5)c5ccccc5n6-c5cccc(-c6c7ccccc7c(-c7ccccc7)c7ccccc67)c5)cc(-c5ccccc5)cc4c3c2)cc1. The summed E-state index contributed by atoms with van der Waals surface area (Å²) in [6, 6.07) is 96.2. The molecule has 0 aliphatic rings. The van der Waals surface area contributed by atoms with E-state index < -0.39 is 0 Å². The number of nitrogens with zero attached hydrogens (tertiary/aromatic N) is 1. The first kappa shape index (κ1) is 40.3. The average molecular weight is 906 g/mol. The van der Waals surface area contributed by atoms with Crippen LogP contribution in [-0.2, 0) is 0 Å². The van der Waals surface area contributed by atoms with Gasteiger partial charge in [-0.05, 0) is 132 Å². The summed E-state index contributed by atoms with van der Waals surface area (Å²) in [7, 11) is 0. The molecule has 0 saturated heterocycles. The van der Waals surface area contributed by atoms with Gasteiger partial charge in [0.05, 0.1) is 11.0 Å². The molecule has 0 unspecified atom stereocenters. The second-order valence-corrected chi connectivity index (χ2v) is 19.4. The van der Waals surface area contributed by atoms with Gasteiger partial charge < -0.3 is 4.57 Å². The Kier molecular flexibility index (Phi) is 9.46. The molecule has 0 radical (unpaired) electrons. The van der Waals surface area contributed by atoms with E-state index in [9.17, 15) is 0 Å². The normalized spacial score (nSPS) is 11.7. The topological polar surface area (TPSA) is 4.93 Å². The predicted octanol–water partition coefficient (Wildman–Crippen LogP) is 19.5. The minimum Gasteiger partial charge on any atom is -0.309 e. The van der Waals surface area contributed by atoms with Crippen molar-refractivity contribution in [3.05, 3.63) is 261 Å². The Morgan fingerprint density at radius 3 is 1.20 bits per heavy atom. The van der Waals surface area contributed by atoms with Gasteiger partial charge in [-0.2, -0.15) is 0 Å². The lowest BCUT2D eigenvalue weighted by atomic mass is 9.86. The molecule has 2 aromatic heterocycles. The van der Waals surface area contributed by atoms with Gasteiger partial charge in [-0.3, -0.25) is 0 Å². The number of para-hydroxylation sites is 1. The van der Waals surface area contributed by atoms with Gasteiger partial charge in [0.2, 0.25) is 0 Å². The molecule has 0 N–H and O–H groups in total. The molecule has 0 bridgehead atoms. The maximum Gasteiger partial charge on any atom is 0.0541 e. The predicted molar refractivity (Wildman–Crippen MR) is 301 cm³/mol. The Morgan fingerprint density at radius 2 is 0.643 bits per heavy atom. The van der Waals surface area contributed by atoms with E-state index in [4.69, 9.17) is 0 Å². The summed E-state index contributed by atoms with van der Waals surface area (Å²) >= 11 is 1.92. The Bertz CT molecular complexity index is 4260. The first-order chi connectivity index (χ1) is 34.7. The number of hydrogen-bond acceptors (Lipinski definition) is 1. The lowest BCUT2D eigenvalue weighted by Gasteiger charge is -2.18. The maximum atomic E-state index is 2.47. The van der Waals surface area contributed by atoms with E-state index in [2.05, 4.69) is 265 Å². The van der Waals surface area contributed by atoms with Crippen molar-refractivity contribution in [3.63, 3.8) is 0 Å². The molecule has 14 rings (SSSR count). The average Bonchev–Trinajstić information content (AvgIpc) is 3.98. The Labute approximate surface area is 410 Å². The van der Waals surface area contributed by atoms with Gasteiger partial charge in [0.15, 0.2) is 0 Å². The van der Waals surface area contributed by atoms with Crippen molar-refractivity contribution < 1.29 is 0 Å². The number of fused-ring (bicyclic) bond motifs is 8. The number of thiophene rings is 1. The van der Waals surface area contributed by atoms with Crippen molar-refractivity contribution in [2.75, 3.05) is 0 Å². The molecule has 0 saturated carbocycles. The first-order valence-electron chi connectivity index (χ1n) is 24.1. The van der Waals surface area contributed by atoms with Crippen LogP contribution in [0.1, 0.15) is 0 Å². The number of hydrogen-bond donors (Lipinski definition) is 0. The molecule has 0 spiro atoms. The summed E-state index contributed by atoms with van der Waals surface area (Å²) in [6.07, 6.45) is 0. The molecular weight excluding hydrogens is 863 g/mol. The summed E-state index contributed by atoms with van der Waals surface area (Å²) in [5.41, 5.74) is 18.3. The smallest absolute Gasteiger partial charge is 0.0541 e. The zero-order valence-electron chi connectivity index (χ0n) is 38.2. The highest BCUT2D eigenvalue weighted by Crippen LogP contribution is 2.49. The molecule has 2 heteroatoms.